The molecule has 0 saturated heterocycles. The molecular formula is C31H19ClF2N6O11S3. The van der Waals surface area contributed by atoms with Gasteiger partial charge in [0.05, 0.1) is 10.6 Å². The van der Waals surface area contributed by atoms with E-state index in [1.165, 1.54) is 42.5 Å². The van der Waals surface area contributed by atoms with Crippen molar-refractivity contribution in [1.82, 2.24) is 9.97 Å². The summed E-state index contributed by atoms with van der Waals surface area (Å²) in [7, 11) is -15.4. The molecule has 23 heteroatoms. The van der Waals surface area contributed by atoms with Crippen LogP contribution in [-0.4, -0.2) is 59.9 Å². The molecule has 0 fully saturated rings. The van der Waals surface area contributed by atoms with Crippen LogP contribution >= 0.6 is 11.6 Å². The number of anilines is 3. The van der Waals surface area contributed by atoms with Crippen LogP contribution in [0.4, 0.5) is 37.3 Å². The van der Waals surface area contributed by atoms with Gasteiger partial charge >= 0.3 is 6.08 Å². The summed E-state index contributed by atoms with van der Waals surface area (Å²) >= 11 is 5.80. The number of aromatic hydroxyl groups is 1. The fourth-order valence-corrected chi connectivity index (χ4v) is 7.40. The summed E-state index contributed by atoms with van der Waals surface area (Å²) in [6, 6.07) is 15.5. The van der Waals surface area contributed by atoms with Gasteiger partial charge in [0.15, 0.2) is 11.6 Å². The molecule has 0 unspecified atom stereocenters. The van der Waals surface area contributed by atoms with Gasteiger partial charge in [-0.05, 0) is 53.2 Å². The zero-order chi connectivity index (χ0) is 39.3. The number of nitrogens with zero attached hydrogens (tertiary/aromatic N) is 4. The summed E-state index contributed by atoms with van der Waals surface area (Å²) in [5.74, 6) is -4.06. The van der Waals surface area contributed by atoms with Crippen LogP contribution in [0.25, 0.3) is 21.5 Å². The van der Waals surface area contributed by atoms with Crippen molar-refractivity contribution in [2.24, 2.45) is 10.2 Å². The quantitative estimate of drug-likeness (QED) is 0.0390. The Bertz CT molecular complexity index is 2950. The number of halogens is 3. The van der Waals surface area contributed by atoms with Crippen molar-refractivity contribution in [2.75, 3.05) is 10.6 Å². The molecule has 54 heavy (non-hydrogen) atoms. The maximum absolute atomic E-state index is 13.8. The molecule has 0 bridgehead atoms. The van der Waals surface area contributed by atoms with Gasteiger partial charge in [0, 0.05) is 22.0 Å². The Labute approximate surface area is 307 Å². The van der Waals surface area contributed by atoms with Crippen molar-refractivity contribution >= 4 is 98.0 Å². The zero-order valence-corrected chi connectivity index (χ0v) is 29.5. The molecule has 1 heterocycles. The number of amides is 1. The highest BCUT2D eigenvalue weighted by atomic mass is 35.5. The summed E-state index contributed by atoms with van der Waals surface area (Å²) in [5.41, 5.74) is -2.33. The van der Waals surface area contributed by atoms with Crippen LogP contribution in [0.5, 0.6) is 5.75 Å². The van der Waals surface area contributed by atoms with Crippen molar-refractivity contribution in [3.63, 3.8) is 0 Å². The number of hydrogen-bond acceptors (Lipinski definition) is 13. The third-order valence-electron chi connectivity index (χ3n) is 7.49. The summed E-state index contributed by atoms with van der Waals surface area (Å²) < 4.78 is 132. The molecule has 0 aliphatic carbocycles. The van der Waals surface area contributed by atoms with Gasteiger partial charge in [0.2, 0.25) is 5.95 Å². The highest BCUT2D eigenvalue weighted by Gasteiger charge is 2.27. The number of carbonyl (C=O) groups excluding carboxylic acids is 1. The lowest BCUT2D eigenvalue weighted by Crippen LogP contribution is -2.13. The van der Waals surface area contributed by atoms with Crippen LogP contribution in [0.1, 0.15) is 10.4 Å². The van der Waals surface area contributed by atoms with Gasteiger partial charge < -0.3 is 15.7 Å². The first-order chi connectivity index (χ1) is 25.2. The highest BCUT2D eigenvalue weighted by Crippen LogP contribution is 2.46. The Kier molecular flexibility index (Phi) is 9.78. The number of fused-ring (bicyclic) bond motifs is 2. The predicted molar refractivity (Wildman–Crippen MR) is 188 cm³/mol. The third-order valence-corrected chi connectivity index (χ3v) is 10.5. The van der Waals surface area contributed by atoms with E-state index in [0.29, 0.717) is 23.6 Å². The number of benzene rings is 5. The number of hydrogen-bond donors (Lipinski definition) is 6. The van der Waals surface area contributed by atoms with Crippen LogP contribution in [-0.2, 0) is 30.4 Å². The second-order valence-corrected chi connectivity index (χ2v) is 15.6. The molecule has 5 aromatic carbocycles. The molecule has 0 atom stereocenters. The third kappa shape index (κ3) is 7.65. The molecule has 1 amide bonds. The van der Waals surface area contributed by atoms with E-state index >= 15 is 0 Å². The minimum absolute atomic E-state index is 0.00402. The van der Waals surface area contributed by atoms with Crippen molar-refractivity contribution in [1.29, 1.82) is 0 Å². The van der Waals surface area contributed by atoms with Gasteiger partial charge in [-0.1, -0.05) is 48.0 Å². The van der Waals surface area contributed by atoms with E-state index < -0.39 is 107 Å². The number of phenols is 1. The summed E-state index contributed by atoms with van der Waals surface area (Å²) in [5, 5.41) is 22.4. The number of rotatable bonds is 9. The minimum Gasteiger partial charge on any atom is -0.505 e. The Morgan fingerprint density at radius 1 is 0.778 bits per heavy atom. The van der Waals surface area contributed by atoms with E-state index in [1.54, 1.807) is 6.07 Å². The predicted octanol–water partition coefficient (Wildman–Crippen LogP) is 6.57. The van der Waals surface area contributed by atoms with E-state index in [1.807, 2.05) is 0 Å². The summed E-state index contributed by atoms with van der Waals surface area (Å²) in [6.07, 6.45) is -1.45. The first-order valence-corrected chi connectivity index (χ1v) is 19.2. The van der Waals surface area contributed by atoms with Crippen molar-refractivity contribution in [3.8, 4) is 5.75 Å². The molecule has 17 nitrogen and oxygen atoms in total. The first kappa shape index (κ1) is 38.0. The Hall–Kier alpha value is -5.75. The van der Waals surface area contributed by atoms with E-state index in [0.717, 1.165) is 12.1 Å². The van der Waals surface area contributed by atoms with Crippen molar-refractivity contribution in [2.45, 2.75) is 14.7 Å². The van der Waals surface area contributed by atoms with Gasteiger partial charge in [-0.2, -0.15) is 44.0 Å². The lowest BCUT2D eigenvalue weighted by Gasteiger charge is -2.15. The molecular weight excluding hydrogens is 802 g/mol. The zero-order valence-electron chi connectivity index (χ0n) is 26.3. The highest BCUT2D eigenvalue weighted by molar-refractivity contribution is 7.86. The van der Waals surface area contributed by atoms with Gasteiger partial charge in [-0.3, -0.25) is 18.5 Å². The van der Waals surface area contributed by atoms with E-state index in [-0.39, 0.29) is 16.6 Å². The standard InChI is InChI=1S/C31H19ClF2N6O11S3/c32-24-28(33)37-31(34)38-29(24)35-17-6-3-5-15(10-17)30(42)36-21-13-18(52(43,44)45)11-16-12-22(53(46,47)48)25(26(41)23(16)21)40-39-20-9-8-14-4-1-2-7-19(14)27(20)54(49,50)51/h1-13,41H,(H,36,42)(H,35,37,38)(H,43,44,45)(H,46,47,48)(H,49,50,51). The average Bonchev–Trinajstić information content (AvgIpc) is 3.08. The number of azo groups is 1. The second-order valence-electron chi connectivity index (χ2n) is 11.0. The number of phenolic OH excluding ortho intramolecular Hbond substituents is 1. The molecule has 278 valence electrons. The normalized spacial score (nSPS) is 12.4. The molecule has 0 saturated carbocycles. The molecule has 0 aliphatic rings. The van der Waals surface area contributed by atoms with Crippen LogP contribution in [0.3, 0.4) is 0 Å². The lowest BCUT2D eigenvalue weighted by atomic mass is 10.1. The largest absolute Gasteiger partial charge is 0.505 e. The Morgan fingerprint density at radius 3 is 2.19 bits per heavy atom. The smallest absolute Gasteiger partial charge is 0.313 e. The van der Waals surface area contributed by atoms with Crippen LogP contribution in [0.2, 0.25) is 5.02 Å². The Morgan fingerprint density at radius 2 is 1.50 bits per heavy atom. The monoisotopic (exact) mass is 820 g/mol. The molecule has 0 radical (unpaired) electrons. The second kappa shape index (κ2) is 13.9. The van der Waals surface area contributed by atoms with Crippen LogP contribution in [0.15, 0.2) is 104 Å². The first-order valence-electron chi connectivity index (χ1n) is 14.5. The summed E-state index contributed by atoms with van der Waals surface area (Å²) in [6.45, 7) is 0. The molecule has 0 spiro atoms. The average molecular weight is 821 g/mol. The topological polar surface area (TPSA) is 275 Å². The summed E-state index contributed by atoms with van der Waals surface area (Å²) in [4.78, 5) is 16.9. The molecule has 6 N–H and O–H groups in total. The maximum Gasteiger partial charge on any atom is 0.313 e. The fourth-order valence-electron chi connectivity index (χ4n) is 5.23. The van der Waals surface area contributed by atoms with Gasteiger partial charge in [0.25, 0.3) is 36.3 Å². The molecule has 6 rings (SSSR count). The minimum atomic E-state index is -5.34. The van der Waals surface area contributed by atoms with Crippen LogP contribution < -0.4 is 10.6 Å². The number of aromatic nitrogens is 2. The Balaban J connectivity index is 1.50. The van der Waals surface area contributed by atoms with Gasteiger partial charge in [0.1, 0.15) is 26.2 Å². The van der Waals surface area contributed by atoms with Crippen molar-refractivity contribution in [3.05, 3.63) is 101 Å². The number of carbonyl (C=O) groups is 1. The number of nitrogens with one attached hydrogen (secondary N) is 2. The van der Waals surface area contributed by atoms with Crippen molar-refractivity contribution < 1.29 is 57.6 Å². The fraction of sp³-hybridized carbons (Fsp3) is 0. The van der Waals surface area contributed by atoms with Crippen LogP contribution in [0, 0.1) is 12.0 Å². The van der Waals surface area contributed by atoms with Gasteiger partial charge in [-0.25, -0.2) is 0 Å². The molecule has 1 aromatic heterocycles. The van der Waals surface area contributed by atoms with Gasteiger partial charge in [-0.15, -0.1) is 10.2 Å². The molecule has 6 aromatic rings. The molecule has 0 aliphatic heterocycles. The van der Waals surface area contributed by atoms with E-state index in [4.69, 9.17) is 11.6 Å². The SMILES string of the molecule is O=C(Nc1cc(S(=O)(=O)O)cc2cc(S(=O)(=O)O)c(N=Nc3ccc4ccccc4c3S(=O)(=O)O)c(O)c12)c1cccc(Nc2nc(F)nc(F)c2Cl)c1. The van der Waals surface area contributed by atoms with E-state index in [9.17, 15) is 57.6 Å². The lowest BCUT2D eigenvalue weighted by molar-refractivity contribution is 0.102. The van der Waals surface area contributed by atoms with E-state index in [2.05, 4.69) is 30.8 Å². The maximum atomic E-state index is 13.8.